The number of hydrogen-bond donors (Lipinski definition) is 1. The van der Waals surface area contributed by atoms with E-state index in [1.54, 1.807) is 0 Å². The van der Waals surface area contributed by atoms with Crippen LogP contribution in [-0.4, -0.2) is 27.8 Å². The molecule has 1 aromatic rings. The fourth-order valence-corrected chi connectivity index (χ4v) is 2.01. The fourth-order valence-electron chi connectivity index (χ4n) is 1.41. The van der Waals surface area contributed by atoms with Crippen molar-refractivity contribution in [1.82, 2.24) is 15.1 Å². The van der Waals surface area contributed by atoms with Gasteiger partial charge >= 0.3 is 0 Å². The lowest BCUT2D eigenvalue weighted by atomic mass is 10.2. The van der Waals surface area contributed by atoms with Gasteiger partial charge in [0, 0.05) is 30.6 Å². The van der Waals surface area contributed by atoms with Gasteiger partial charge in [0.2, 0.25) is 0 Å². The molecular weight excluding hydrogens is 206 g/mol. The monoisotopic (exact) mass is 227 g/mol. The van der Waals surface area contributed by atoms with Crippen molar-refractivity contribution in [3.8, 4) is 0 Å². The molecule has 1 heterocycles. The van der Waals surface area contributed by atoms with Crippen molar-refractivity contribution in [3.63, 3.8) is 0 Å². The maximum Gasteiger partial charge on any atom is 0.0638 e. The van der Waals surface area contributed by atoms with E-state index >= 15 is 0 Å². The van der Waals surface area contributed by atoms with Crippen LogP contribution in [0.25, 0.3) is 0 Å². The van der Waals surface area contributed by atoms with Gasteiger partial charge in [0.05, 0.1) is 5.69 Å². The quantitative estimate of drug-likeness (QED) is 0.723. The van der Waals surface area contributed by atoms with Crippen LogP contribution in [0.1, 0.15) is 25.1 Å². The molecular formula is C11H21N3S. The average molecular weight is 227 g/mol. The molecule has 1 aromatic heterocycles. The predicted molar refractivity (Wildman–Crippen MR) is 67.3 cm³/mol. The van der Waals surface area contributed by atoms with E-state index < -0.39 is 0 Å². The Bertz CT molecular complexity index is 283. The minimum Gasteiger partial charge on any atom is -0.313 e. The van der Waals surface area contributed by atoms with Gasteiger partial charge < -0.3 is 5.32 Å². The van der Waals surface area contributed by atoms with Gasteiger partial charge in [0.1, 0.15) is 0 Å². The first-order chi connectivity index (χ1) is 7.27. The fraction of sp³-hybridized carbons (Fsp3) is 0.727. The van der Waals surface area contributed by atoms with E-state index in [9.17, 15) is 0 Å². The van der Waals surface area contributed by atoms with Gasteiger partial charge in [-0.25, -0.2) is 0 Å². The second kappa shape index (κ2) is 6.90. The Kier molecular flexibility index (Phi) is 5.79. The second-order valence-corrected chi connectivity index (χ2v) is 4.87. The summed E-state index contributed by atoms with van der Waals surface area (Å²) in [5.74, 6) is 2.34. The summed E-state index contributed by atoms with van der Waals surface area (Å²) in [6.07, 6.45) is 2.16. The lowest BCUT2D eigenvalue weighted by molar-refractivity contribution is 0.658. The van der Waals surface area contributed by atoms with Gasteiger partial charge in [0.15, 0.2) is 0 Å². The van der Waals surface area contributed by atoms with Crippen LogP contribution in [0.15, 0.2) is 6.20 Å². The minimum atomic E-state index is 0.934. The molecule has 0 amide bonds. The number of aromatic nitrogens is 2. The Morgan fingerprint density at radius 1 is 1.47 bits per heavy atom. The van der Waals surface area contributed by atoms with E-state index in [0.717, 1.165) is 31.1 Å². The van der Waals surface area contributed by atoms with E-state index in [-0.39, 0.29) is 0 Å². The van der Waals surface area contributed by atoms with Gasteiger partial charge in [-0.15, -0.1) is 0 Å². The Hall–Kier alpha value is -0.480. The first-order valence-electron chi connectivity index (χ1n) is 5.59. The number of aryl methyl sites for hydroxylation is 2. The highest BCUT2D eigenvalue weighted by Crippen LogP contribution is 2.06. The Morgan fingerprint density at radius 2 is 2.27 bits per heavy atom. The zero-order chi connectivity index (χ0) is 11.1. The highest BCUT2D eigenvalue weighted by molar-refractivity contribution is 7.99. The van der Waals surface area contributed by atoms with Crippen molar-refractivity contribution in [2.45, 2.75) is 33.9 Å². The molecule has 0 fully saturated rings. The molecule has 3 nitrogen and oxygen atoms in total. The molecule has 0 radical (unpaired) electrons. The molecule has 15 heavy (non-hydrogen) atoms. The normalized spacial score (nSPS) is 10.9. The third kappa shape index (κ3) is 4.26. The molecule has 0 spiro atoms. The van der Waals surface area contributed by atoms with Crippen LogP contribution in [0.3, 0.4) is 0 Å². The molecule has 4 heteroatoms. The number of hydrogen-bond acceptors (Lipinski definition) is 3. The smallest absolute Gasteiger partial charge is 0.0638 e. The molecule has 0 aromatic carbocycles. The summed E-state index contributed by atoms with van der Waals surface area (Å²) in [6.45, 7) is 9.36. The van der Waals surface area contributed by atoms with Crippen molar-refractivity contribution < 1.29 is 0 Å². The van der Waals surface area contributed by atoms with Crippen molar-refractivity contribution in [3.05, 3.63) is 17.5 Å². The summed E-state index contributed by atoms with van der Waals surface area (Å²) in [7, 11) is 0. The van der Waals surface area contributed by atoms with Crippen LogP contribution in [-0.2, 0) is 13.1 Å². The highest BCUT2D eigenvalue weighted by Gasteiger charge is 2.03. The first kappa shape index (κ1) is 12.6. The van der Waals surface area contributed by atoms with Crippen LogP contribution in [0.5, 0.6) is 0 Å². The Morgan fingerprint density at radius 3 is 2.93 bits per heavy atom. The summed E-state index contributed by atoms with van der Waals surface area (Å²) in [5.41, 5.74) is 2.47. The van der Waals surface area contributed by atoms with E-state index in [1.165, 1.54) is 11.3 Å². The maximum atomic E-state index is 4.50. The van der Waals surface area contributed by atoms with Crippen LogP contribution < -0.4 is 5.32 Å². The molecule has 0 aliphatic carbocycles. The van der Waals surface area contributed by atoms with Crippen molar-refractivity contribution in [1.29, 1.82) is 0 Å². The third-order valence-electron chi connectivity index (χ3n) is 2.28. The van der Waals surface area contributed by atoms with Crippen molar-refractivity contribution in [2.75, 3.05) is 18.1 Å². The summed E-state index contributed by atoms with van der Waals surface area (Å²) in [6, 6.07) is 0. The average Bonchev–Trinajstić information content (AvgIpc) is 2.57. The van der Waals surface area contributed by atoms with Gasteiger partial charge in [-0.3, -0.25) is 4.68 Å². The summed E-state index contributed by atoms with van der Waals surface area (Å²) >= 11 is 1.96. The lowest BCUT2D eigenvalue weighted by Crippen LogP contribution is -2.11. The zero-order valence-corrected chi connectivity index (χ0v) is 10.7. The molecule has 0 aliphatic rings. The number of thioether (sulfide) groups is 1. The zero-order valence-electron chi connectivity index (χ0n) is 9.92. The summed E-state index contributed by atoms with van der Waals surface area (Å²) in [4.78, 5) is 0. The van der Waals surface area contributed by atoms with Crippen LogP contribution in [0, 0.1) is 6.92 Å². The van der Waals surface area contributed by atoms with Crippen LogP contribution in [0.4, 0.5) is 0 Å². The van der Waals surface area contributed by atoms with Gasteiger partial charge in [-0.05, 0) is 19.2 Å². The minimum absolute atomic E-state index is 0.934. The molecule has 0 bridgehead atoms. The van der Waals surface area contributed by atoms with E-state index in [4.69, 9.17) is 0 Å². The Balaban J connectivity index is 2.45. The summed E-state index contributed by atoms with van der Waals surface area (Å²) < 4.78 is 2.06. The summed E-state index contributed by atoms with van der Waals surface area (Å²) in [5, 5.41) is 7.83. The van der Waals surface area contributed by atoms with Crippen molar-refractivity contribution >= 4 is 11.8 Å². The maximum absolute atomic E-state index is 4.50. The molecule has 1 rings (SSSR count). The molecule has 0 atom stereocenters. The first-order valence-corrected chi connectivity index (χ1v) is 6.74. The highest BCUT2D eigenvalue weighted by atomic mass is 32.2. The molecule has 0 aliphatic heterocycles. The molecule has 86 valence electrons. The van der Waals surface area contributed by atoms with Crippen LogP contribution >= 0.6 is 11.8 Å². The molecule has 0 unspecified atom stereocenters. The number of nitrogens with one attached hydrogen (secondary N) is 1. The van der Waals surface area contributed by atoms with Crippen molar-refractivity contribution in [2.24, 2.45) is 0 Å². The lowest BCUT2D eigenvalue weighted by Gasteiger charge is -1.99. The SMILES string of the molecule is CCNCc1cn(CCSCC)nc1C. The third-order valence-corrected chi connectivity index (χ3v) is 3.16. The Labute approximate surface area is 96.6 Å². The van der Waals surface area contributed by atoms with E-state index in [1.807, 2.05) is 11.8 Å². The molecule has 1 N–H and O–H groups in total. The molecule has 0 saturated heterocycles. The van der Waals surface area contributed by atoms with Gasteiger partial charge in [0.25, 0.3) is 0 Å². The van der Waals surface area contributed by atoms with Gasteiger partial charge in [-0.2, -0.15) is 16.9 Å². The topological polar surface area (TPSA) is 29.9 Å². The second-order valence-electron chi connectivity index (χ2n) is 3.48. The predicted octanol–water partition coefficient (Wildman–Crippen LogP) is 2.05. The van der Waals surface area contributed by atoms with Gasteiger partial charge in [-0.1, -0.05) is 13.8 Å². The number of rotatable bonds is 7. The largest absolute Gasteiger partial charge is 0.313 e. The van der Waals surface area contributed by atoms with E-state index in [0.29, 0.717) is 0 Å². The number of nitrogens with zero attached hydrogens (tertiary/aromatic N) is 2. The van der Waals surface area contributed by atoms with E-state index in [2.05, 4.69) is 42.1 Å². The van der Waals surface area contributed by atoms with Crippen LogP contribution in [0.2, 0.25) is 0 Å². The molecule has 0 saturated carbocycles. The standard InChI is InChI=1S/C11H21N3S/c1-4-12-8-11-9-14(13-10(11)3)6-7-15-5-2/h9,12H,4-8H2,1-3H3.